The van der Waals surface area contributed by atoms with Gasteiger partial charge in [0.05, 0.1) is 7.11 Å². The number of nitrogens with one attached hydrogen (secondary N) is 1. The number of methoxy groups -OCH3 is 1. The van der Waals surface area contributed by atoms with Gasteiger partial charge in [0.15, 0.2) is 5.82 Å². The van der Waals surface area contributed by atoms with Crippen molar-refractivity contribution >= 4 is 5.91 Å². The van der Waals surface area contributed by atoms with Gasteiger partial charge < -0.3 is 10.1 Å². The summed E-state index contributed by atoms with van der Waals surface area (Å²) in [4.78, 5) is 20.9. The highest BCUT2D eigenvalue weighted by atomic mass is 16.5. The molecule has 0 radical (unpaired) electrons. The Labute approximate surface area is 152 Å². The first-order valence-corrected chi connectivity index (χ1v) is 8.41. The fourth-order valence-corrected chi connectivity index (χ4v) is 2.59. The molecule has 1 aromatic carbocycles. The lowest BCUT2D eigenvalue weighted by Crippen LogP contribution is -2.24. The number of aryl methyl sites for hydroxylation is 2. The molecule has 0 saturated heterocycles. The van der Waals surface area contributed by atoms with Crippen LogP contribution in [0.25, 0.3) is 11.4 Å². The van der Waals surface area contributed by atoms with Crippen molar-refractivity contribution in [1.29, 1.82) is 0 Å². The van der Waals surface area contributed by atoms with Crippen molar-refractivity contribution in [2.75, 3.05) is 13.7 Å². The van der Waals surface area contributed by atoms with Crippen LogP contribution in [0.4, 0.5) is 0 Å². The van der Waals surface area contributed by atoms with Crippen LogP contribution in [0.15, 0.2) is 48.7 Å². The zero-order valence-corrected chi connectivity index (χ0v) is 14.8. The molecule has 1 amide bonds. The molecule has 0 aliphatic rings. The molecule has 1 N–H and O–H groups in total. The highest BCUT2D eigenvalue weighted by Gasteiger charge is 2.12. The molecular formula is C19H21N5O2. The van der Waals surface area contributed by atoms with Gasteiger partial charge in [0, 0.05) is 36.6 Å². The number of aromatic nitrogens is 4. The monoisotopic (exact) mass is 351 g/mol. The number of amides is 1. The van der Waals surface area contributed by atoms with E-state index in [1.807, 2.05) is 30.3 Å². The smallest absolute Gasteiger partial charge is 0.314 e. The molecule has 0 fully saturated rings. The summed E-state index contributed by atoms with van der Waals surface area (Å²) in [5.74, 6) is 0.407. The van der Waals surface area contributed by atoms with E-state index >= 15 is 0 Å². The maximum Gasteiger partial charge on any atom is 0.314 e. The molecule has 0 atom stereocenters. The van der Waals surface area contributed by atoms with E-state index in [2.05, 4.69) is 20.4 Å². The van der Waals surface area contributed by atoms with Gasteiger partial charge in [-0.1, -0.05) is 18.2 Å². The molecule has 7 heteroatoms. The van der Waals surface area contributed by atoms with Gasteiger partial charge in [-0.05, 0) is 37.1 Å². The van der Waals surface area contributed by atoms with Crippen LogP contribution in [0.1, 0.15) is 22.5 Å². The Morgan fingerprint density at radius 2 is 2.12 bits per heavy atom. The standard InChI is InChI=1S/C19H21N5O2/c1-24-19(26-2)22-17(23-24)14-7-5-8-15(13-14)18(25)21-12-6-10-16-9-3-4-11-20-16/h3-5,7-9,11,13H,6,10,12H2,1-2H3,(H,21,25). The Morgan fingerprint density at radius 1 is 1.23 bits per heavy atom. The van der Waals surface area contributed by atoms with Gasteiger partial charge >= 0.3 is 6.01 Å². The van der Waals surface area contributed by atoms with Gasteiger partial charge in [0.2, 0.25) is 0 Å². The molecule has 0 aliphatic carbocycles. The second kappa shape index (κ2) is 8.24. The second-order valence-corrected chi connectivity index (χ2v) is 5.81. The van der Waals surface area contributed by atoms with E-state index in [4.69, 9.17) is 4.74 Å². The lowest BCUT2D eigenvalue weighted by atomic mass is 10.1. The third kappa shape index (κ3) is 4.24. The lowest BCUT2D eigenvalue weighted by Gasteiger charge is -2.06. The van der Waals surface area contributed by atoms with Crippen LogP contribution in [-0.2, 0) is 13.5 Å². The number of pyridine rings is 1. The number of carbonyl (C=O) groups excluding carboxylic acids is 1. The largest absolute Gasteiger partial charge is 0.467 e. The number of nitrogens with zero attached hydrogens (tertiary/aromatic N) is 4. The van der Waals surface area contributed by atoms with Crippen molar-refractivity contribution in [3.8, 4) is 17.4 Å². The van der Waals surface area contributed by atoms with Gasteiger partial charge in [-0.3, -0.25) is 9.78 Å². The molecule has 7 nitrogen and oxygen atoms in total. The van der Waals surface area contributed by atoms with Gasteiger partial charge in [0.25, 0.3) is 5.91 Å². The van der Waals surface area contributed by atoms with Gasteiger partial charge in [-0.2, -0.15) is 4.98 Å². The summed E-state index contributed by atoms with van der Waals surface area (Å²) in [5, 5.41) is 7.24. The van der Waals surface area contributed by atoms with Gasteiger partial charge in [-0.15, -0.1) is 5.10 Å². The van der Waals surface area contributed by atoms with E-state index in [0.29, 0.717) is 23.9 Å². The van der Waals surface area contributed by atoms with Crippen molar-refractivity contribution in [2.24, 2.45) is 7.05 Å². The Bertz CT molecular complexity index is 877. The molecule has 0 saturated carbocycles. The molecule has 2 aromatic heterocycles. The van der Waals surface area contributed by atoms with E-state index in [-0.39, 0.29) is 5.91 Å². The van der Waals surface area contributed by atoms with Gasteiger partial charge in [-0.25, -0.2) is 4.68 Å². The number of rotatable bonds is 7. The van der Waals surface area contributed by atoms with Crippen molar-refractivity contribution in [1.82, 2.24) is 25.1 Å². The molecule has 134 valence electrons. The van der Waals surface area contributed by atoms with Crippen LogP contribution in [0, 0.1) is 0 Å². The minimum absolute atomic E-state index is 0.115. The molecule has 0 bridgehead atoms. The zero-order chi connectivity index (χ0) is 18.4. The van der Waals surface area contributed by atoms with E-state index in [1.54, 1.807) is 37.2 Å². The third-order valence-electron chi connectivity index (χ3n) is 3.91. The van der Waals surface area contributed by atoms with Crippen molar-refractivity contribution in [2.45, 2.75) is 12.8 Å². The fraction of sp³-hybridized carbons (Fsp3) is 0.263. The number of ether oxygens (including phenoxy) is 1. The summed E-state index contributed by atoms with van der Waals surface area (Å²) in [6, 6.07) is 13.5. The third-order valence-corrected chi connectivity index (χ3v) is 3.91. The SMILES string of the molecule is COc1nc(-c2cccc(C(=O)NCCCc3ccccn3)c2)nn1C. The van der Waals surface area contributed by atoms with Crippen LogP contribution < -0.4 is 10.1 Å². The maximum atomic E-state index is 12.4. The molecule has 3 rings (SSSR count). The number of carbonyl (C=O) groups is 1. The second-order valence-electron chi connectivity index (χ2n) is 5.81. The Morgan fingerprint density at radius 3 is 2.85 bits per heavy atom. The van der Waals surface area contributed by atoms with Crippen molar-refractivity contribution in [3.63, 3.8) is 0 Å². The Kier molecular flexibility index (Phi) is 5.58. The van der Waals surface area contributed by atoms with Crippen LogP contribution in [0.5, 0.6) is 6.01 Å². The van der Waals surface area contributed by atoms with E-state index in [1.165, 1.54) is 0 Å². The van der Waals surface area contributed by atoms with Crippen molar-refractivity contribution < 1.29 is 9.53 Å². The van der Waals surface area contributed by atoms with Crippen LogP contribution in [-0.4, -0.2) is 39.3 Å². The van der Waals surface area contributed by atoms with E-state index in [0.717, 1.165) is 24.1 Å². The first kappa shape index (κ1) is 17.6. The minimum Gasteiger partial charge on any atom is -0.467 e. The highest BCUT2D eigenvalue weighted by Crippen LogP contribution is 2.19. The summed E-state index contributed by atoms with van der Waals surface area (Å²) in [6.07, 6.45) is 3.44. The molecule has 0 unspecified atom stereocenters. The lowest BCUT2D eigenvalue weighted by molar-refractivity contribution is 0.0953. The molecule has 0 aliphatic heterocycles. The normalized spacial score (nSPS) is 10.5. The summed E-state index contributed by atoms with van der Waals surface area (Å²) >= 11 is 0. The molecule has 26 heavy (non-hydrogen) atoms. The van der Waals surface area contributed by atoms with Crippen LogP contribution in [0.2, 0.25) is 0 Å². The predicted molar refractivity (Wildman–Crippen MR) is 97.9 cm³/mol. The number of hydrogen-bond acceptors (Lipinski definition) is 5. The number of hydrogen-bond donors (Lipinski definition) is 1. The highest BCUT2D eigenvalue weighted by molar-refractivity contribution is 5.95. The fourth-order valence-electron chi connectivity index (χ4n) is 2.59. The summed E-state index contributed by atoms with van der Waals surface area (Å²) in [5.41, 5.74) is 2.37. The average molecular weight is 351 g/mol. The molecule has 3 aromatic rings. The van der Waals surface area contributed by atoms with Crippen molar-refractivity contribution in [3.05, 3.63) is 59.9 Å². The summed E-state index contributed by atoms with van der Waals surface area (Å²) in [7, 11) is 3.30. The van der Waals surface area contributed by atoms with Crippen LogP contribution >= 0.6 is 0 Å². The predicted octanol–water partition coefficient (Wildman–Crippen LogP) is 2.25. The Hall–Kier alpha value is -3.22. The topological polar surface area (TPSA) is 81.9 Å². The van der Waals surface area contributed by atoms with E-state index in [9.17, 15) is 4.79 Å². The summed E-state index contributed by atoms with van der Waals surface area (Å²) < 4.78 is 6.69. The first-order chi connectivity index (χ1) is 12.7. The van der Waals surface area contributed by atoms with Gasteiger partial charge in [0.1, 0.15) is 0 Å². The molecule has 2 heterocycles. The average Bonchev–Trinajstić information content (AvgIpc) is 3.07. The maximum absolute atomic E-state index is 12.4. The van der Waals surface area contributed by atoms with E-state index < -0.39 is 0 Å². The number of benzene rings is 1. The van der Waals surface area contributed by atoms with Crippen LogP contribution in [0.3, 0.4) is 0 Å². The first-order valence-electron chi connectivity index (χ1n) is 8.41. The zero-order valence-electron chi connectivity index (χ0n) is 14.8. The Balaban J connectivity index is 1.59. The molecule has 0 spiro atoms. The minimum atomic E-state index is -0.115. The summed E-state index contributed by atoms with van der Waals surface area (Å²) in [6.45, 7) is 0.593. The molecular weight excluding hydrogens is 330 g/mol. The quantitative estimate of drug-likeness (QED) is 0.660.